The fourth-order valence-corrected chi connectivity index (χ4v) is 2.62. The van der Waals surface area contributed by atoms with Crippen molar-refractivity contribution in [3.63, 3.8) is 0 Å². The molecule has 0 saturated carbocycles. The zero-order chi connectivity index (χ0) is 16.0. The van der Waals surface area contributed by atoms with Crippen molar-refractivity contribution in [2.45, 2.75) is 67.2 Å². The SMILES string of the molecule is C.CCc1ccc(CCc2ccc(CCC(C)(C)C)cc2)cc1. The molecule has 23 heavy (non-hydrogen) atoms. The molecule has 0 saturated heterocycles. The van der Waals surface area contributed by atoms with Crippen LogP contribution in [0.5, 0.6) is 0 Å². The van der Waals surface area contributed by atoms with E-state index in [0.29, 0.717) is 5.41 Å². The molecule has 0 aliphatic heterocycles. The van der Waals surface area contributed by atoms with Crippen molar-refractivity contribution in [3.8, 4) is 0 Å². The lowest BCUT2D eigenvalue weighted by atomic mass is 9.88. The van der Waals surface area contributed by atoms with Gasteiger partial charge in [-0.15, -0.1) is 0 Å². The van der Waals surface area contributed by atoms with Crippen LogP contribution in [0.1, 0.15) is 63.8 Å². The molecule has 0 radical (unpaired) electrons. The number of benzene rings is 2. The average Bonchev–Trinajstić information content (AvgIpc) is 2.52. The van der Waals surface area contributed by atoms with Gasteiger partial charge in [0.1, 0.15) is 0 Å². The molecule has 0 aliphatic carbocycles. The summed E-state index contributed by atoms with van der Waals surface area (Å²) >= 11 is 0. The number of rotatable bonds is 6. The molecule has 0 spiro atoms. The molecule has 0 atom stereocenters. The highest BCUT2D eigenvalue weighted by Gasteiger charge is 2.09. The van der Waals surface area contributed by atoms with Gasteiger partial charge in [-0.2, -0.15) is 0 Å². The van der Waals surface area contributed by atoms with E-state index in [0.717, 1.165) is 19.3 Å². The summed E-state index contributed by atoms with van der Waals surface area (Å²) < 4.78 is 0. The molecule has 0 amide bonds. The lowest BCUT2D eigenvalue weighted by Gasteiger charge is -2.17. The molecule has 2 aromatic rings. The van der Waals surface area contributed by atoms with Crippen LogP contribution in [0, 0.1) is 5.41 Å². The summed E-state index contributed by atoms with van der Waals surface area (Å²) in [5.74, 6) is 0. The number of hydrogen-bond acceptors (Lipinski definition) is 0. The second kappa shape index (κ2) is 8.91. The third-order valence-corrected chi connectivity index (χ3v) is 4.32. The quantitative estimate of drug-likeness (QED) is 0.560. The van der Waals surface area contributed by atoms with E-state index in [-0.39, 0.29) is 7.43 Å². The van der Waals surface area contributed by atoms with E-state index in [9.17, 15) is 0 Å². The number of hydrogen-bond donors (Lipinski definition) is 0. The Morgan fingerprint density at radius 2 is 0.957 bits per heavy atom. The van der Waals surface area contributed by atoms with Gasteiger partial charge in [0.25, 0.3) is 0 Å². The van der Waals surface area contributed by atoms with E-state index in [2.05, 4.69) is 76.2 Å². The highest BCUT2D eigenvalue weighted by molar-refractivity contribution is 5.26. The monoisotopic (exact) mass is 310 g/mol. The highest BCUT2D eigenvalue weighted by atomic mass is 14.1. The zero-order valence-electron chi connectivity index (χ0n) is 14.7. The Morgan fingerprint density at radius 1 is 0.609 bits per heavy atom. The van der Waals surface area contributed by atoms with Gasteiger partial charge in [-0.05, 0) is 59.8 Å². The molecule has 0 heterocycles. The van der Waals surface area contributed by atoms with Gasteiger partial charge in [0.2, 0.25) is 0 Å². The van der Waals surface area contributed by atoms with E-state index >= 15 is 0 Å². The van der Waals surface area contributed by atoms with Gasteiger partial charge in [0, 0.05) is 0 Å². The summed E-state index contributed by atoms with van der Waals surface area (Å²) in [5, 5.41) is 0. The third-order valence-electron chi connectivity index (χ3n) is 4.32. The van der Waals surface area contributed by atoms with E-state index in [1.54, 1.807) is 0 Å². The van der Waals surface area contributed by atoms with Crippen molar-refractivity contribution in [1.29, 1.82) is 0 Å². The maximum Gasteiger partial charge on any atom is -0.0238 e. The van der Waals surface area contributed by atoms with Gasteiger partial charge in [-0.25, -0.2) is 0 Å². The van der Waals surface area contributed by atoms with E-state index in [1.807, 2.05) is 0 Å². The van der Waals surface area contributed by atoms with Crippen LogP contribution in [0.3, 0.4) is 0 Å². The summed E-state index contributed by atoms with van der Waals surface area (Å²) in [4.78, 5) is 0. The fraction of sp³-hybridized carbons (Fsp3) is 0.478. The molecule has 0 fully saturated rings. The predicted octanol–water partition coefficient (Wildman–Crippen LogP) is 6.65. The lowest BCUT2D eigenvalue weighted by Crippen LogP contribution is -2.06. The molecule has 0 aliphatic rings. The summed E-state index contributed by atoms with van der Waals surface area (Å²) in [6, 6.07) is 18.3. The smallest absolute Gasteiger partial charge is 0.0238 e. The minimum absolute atomic E-state index is 0. The molecule has 126 valence electrons. The minimum Gasteiger partial charge on any atom is -0.0776 e. The van der Waals surface area contributed by atoms with Gasteiger partial charge in [0.05, 0.1) is 0 Å². The molecular weight excluding hydrogens is 276 g/mol. The summed E-state index contributed by atoms with van der Waals surface area (Å²) in [6.45, 7) is 9.14. The number of aryl methyl sites for hydroxylation is 4. The molecule has 0 aromatic heterocycles. The maximum atomic E-state index is 2.31. The first-order valence-electron chi connectivity index (χ1n) is 8.62. The summed E-state index contributed by atoms with van der Waals surface area (Å²) in [7, 11) is 0. The Labute approximate surface area is 144 Å². The topological polar surface area (TPSA) is 0 Å². The van der Waals surface area contributed by atoms with E-state index in [1.165, 1.54) is 35.1 Å². The van der Waals surface area contributed by atoms with Crippen LogP contribution in [0.4, 0.5) is 0 Å². The Morgan fingerprint density at radius 3 is 1.30 bits per heavy atom. The van der Waals surface area contributed by atoms with Gasteiger partial charge >= 0.3 is 0 Å². The van der Waals surface area contributed by atoms with Gasteiger partial charge in [-0.1, -0.05) is 83.7 Å². The molecule has 0 unspecified atom stereocenters. The van der Waals surface area contributed by atoms with Crippen molar-refractivity contribution in [2.24, 2.45) is 5.41 Å². The fourth-order valence-electron chi connectivity index (χ4n) is 2.62. The first-order valence-corrected chi connectivity index (χ1v) is 8.62. The van der Waals surface area contributed by atoms with E-state index < -0.39 is 0 Å². The van der Waals surface area contributed by atoms with Crippen molar-refractivity contribution in [1.82, 2.24) is 0 Å². The van der Waals surface area contributed by atoms with Crippen LogP contribution in [0.15, 0.2) is 48.5 Å². The third kappa shape index (κ3) is 7.03. The molecule has 0 N–H and O–H groups in total. The second-order valence-electron chi connectivity index (χ2n) is 7.55. The van der Waals surface area contributed by atoms with Crippen molar-refractivity contribution in [2.75, 3.05) is 0 Å². The summed E-state index contributed by atoms with van der Waals surface area (Å²) in [5.41, 5.74) is 6.19. The Bertz CT molecular complexity index is 552. The van der Waals surface area contributed by atoms with Gasteiger partial charge < -0.3 is 0 Å². The Kier molecular flexibility index (Phi) is 7.55. The molecule has 2 aromatic carbocycles. The average molecular weight is 311 g/mol. The largest absolute Gasteiger partial charge is 0.0776 e. The first-order chi connectivity index (χ1) is 10.5. The van der Waals surface area contributed by atoms with Crippen molar-refractivity contribution >= 4 is 0 Å². The predicted molar refractivity (Wildman–Crippen MR) is 104 cm³/mol. The summed E-state index contributed by atoms with van der Waals surface area (Å²) in [6.07, 6.45) is 5.81. The van der Waals surface area contributed by atoms with Crippen LogP contribution in [0.2, 0.25) is 0 Å². The van der Waals surface area contributed by atoms with Crippen LogP contribution in [0.25, 0.3) is 0 Å². The van der Waals surface area contributed by atoms with Gasteiger partial charge in [0.15, 0.2) is 0 Å². The first kappa shape index (κ1) is 19.5. The molecular formula is C23H34. The van der Waals surface area contributed by atoms with Crippen LogP contribution in [-0.2, 0) is 25.7 Å². The normalized spacial score (nSPS) is 11.1. The molecule has 0 nitrogen and oxygen atoms in total. The Hall–Kier alpha value is -1.56. The minimum atomic E-state index is 0. The van der Waals surface area contributed by atoms with Gasteiger partial charge in [-0.3, -0.25) is 0 Å². The van der Waals surface area contributed by atoms with Crippen molar-refractivity contribution in [3.05, 3.63) is 70.8 Å². The zero-order valence-corrected chi connectivity index (χ0v) is 14.7. The van der Waals surface area contributed by atoms with Crippen LogP contribution < -0.4 is 0 Å². The lowest BCUT2D eigenvalue weighted by molar-refractivity contribution is 0.378. The second-order valence-corrected chi connectivity index (χ2v) is 7.55. The van der Waals surface area contributed by atoms with Crippen molar-refractivity contribution < 1.29 is 0 Å². The van der Waals surface area contributed by atoms with Crippen LogP contribution in [-0.4, -0.2) is 0 Å². The molecule has 2 rings (SSSR count). The van der Waals surface area contributed by atoms with E-state index in [4.69, 9.17) is 0 Å². The van der Waals surface area contributed by atoms with Crippen LogP contribution >= 0.6 is 0 Å². The standard InChI is InChI=1S/C22H30.CH4/c1-5-18-6-8-19(9-7-18)10-11-20-12-14-21(15-13-20)16-17-22(2,3)4;/h6-9,12-15H,5,10-11,16-17H2,1-4H3;1H4. The maximum absolute atomic E-state index is 2.31. The Balaban J connectivity index is 0.00000264. The molecule has 0 heteroatoms. The highest BCUT2D eigenvalue weighted by Crippen LogP contribution is 2.21. The molecule has 0 bridgehead atoms.